The molecule has 0 amide bonds. The van der Waals surface area contributed by atoms with Crippen molar-refractivity contribution in [3.05, 3.63) is 35.3 Å². The summed E-state index contributed by atoms with van der Waals surface area (Å²) in [5, 5.41) is 9.94. The van der Waals surface area contributed by atoms with E-state index in [2.05, 4.69) is 4.98 Å². The third-order valence-electron chi connectivity index (χ3n) is 3.69. The highest BCUT2D eigenvalue weighted by molar-refractivity contribution is 5.86. The van der Waals surface area contributed by atoms with E-state index in [1.165, 1.54) is 12.1 Å². The molecule has 0 radical (unpaired) electrons. The number of carboxylic acid groups (broad SMARTS) is 1. The highest BCUT2D eigenvalue weighted by Gasteiger charge is 2.26. The Morgan fingerprint density at radius 1 is 1.50 bits per heavy atom. The van der Waals surface area contributed by atoms with Gasteiger partial charge < -0.3 is 10.1 Å². The number of benzene rings is 1. The molecule has 0 aliphatic heterocycles. The molecule has 0 saturated carbocycles. The topological polar surface area (TPSA) is 53.1 Å². The van der Waals surface area contributed by atoms with Crippen LogP contribution in [0.5, 0.6) is 0 Å². The smallest absolute Gasteiger partial charge is 0.303 e. The number of nitrogens with one attached hydrogen (secondary N) is 1. The van der Waals surface area contributed by atoms with Crippen LogP contribution < -0.4 is 0 Å². The van der Waals surface area contributed by atoms with E-state index in [-0.39, 0.29) is 18.2 Å². The van der Waals surface area contributed by atoms with Gasteiger partial charge in [0.1, 0.15) is 5.82 Å². The van der Waals surface area contributed by atoms with Gasteiger partial charge in [-0.05, 0) is 48.9 Å². The molecular formula is C14H14FNO2. The van der Waals surface area contributed by atoms with E-state index in [1.54, 1.807) is 6.07 Å². The Kier molecular flexibility index (Phi) is 2.58. The first kappa shape index (κ1) is 11.3. The summed E-state index contributed by atoms with van der Waals surface area (Å²) < 4.78 is 13.2. The van der Waals surface area contributed by atoms with Crippen LogP contribution >= 0.6 is 0 Å². The standard InChI is InChI=1S/C14H14FNO2/c15-9-4-5-10-12(7-9)16-11-3-1-2-8(14(10)11)6-13(17)18/h4-5,7-8,16H,1-3,6H2,(H,17,18). The molecule has 1 aromatic carbocycles. The summed E-state index contributed by atoms with van der Waals surface area (Å²) in [6, 6.07) is 4.66. The van der Waals surface area contributed by atoms with Crippen LogP contribution in [0, 0.1) is 5.82 Å². The summed E-state index contributed by atoms with van der Waals surface area (Å²) in [6.45, 7) is 0. The Morgan fingerprint density at radius 2 is 2.33 bits per heavy atom. The van der Waals surface area contributed by atoms with Gasteiger partial charge in [0.15, 0.2) is 0 Å². The molecule has 2 N–H and O–H groups in total. The van der Waals surface area contributed by atoms with Crippen molar-refractivity contribution < 1.29 is 14.3 Å². The Labute approximate surface area is 104 Å². The Balaban J connectivity index is 2.14. The molecule has 18 heavy (non-hydrogen) atoms. The molecule has 0 saturated heterocycles. The van der Waals surface area contributed by atoms with E-state index in [1.807, 2.05) is 0 Å². The number of aromatic amines is 1. The first-order valence-electron chi connectivity index (χ1n) is 6.17. The number of rotatable bonds is 2. The fourth-order valence-electron chi connectivity index (χ4n) is 3.00. The monoisotopic (exact) mass is 247 g/mol. The lowest BCUT2D eigenvalue weighted by molar-refractivity contribution is -0.137. The molecule has 0 spiro atoms. The van der Waals surface area contributed by atoms with Crippen molar-refractivity contribution in [1.82, 2.24) is 4.98 Å². The predicted molar refractivity (Wildman–Crippen MR) is 66.2 cm³/mol. The lowest BCUT2D eigenvalue weighted by Crippen LogP contribution is -2.12. The Morgan fingerprint density at radius 3 is 3.11 bits per heavy atom. The number of hydrogen-bond acceptors (Lipinski definition) is 1. The third-order valence-corrected chi connectivity index (χ3v) is 3.69. The summed E-state index contributed by atoms with van der Waals surface area (Å²) in [4.78, 5) is 14.1. The fraction of sp³-hybridized carbons (Fsp3) is 0.357. The SMILES string of the molecule is O=C(O)CC1CCCc2[nH]c3cc(F)ccc3c21. The van der Waals surface area contributed by atoms with Gasteiger partial charge >= 0.3 is 5.97 Å². The highest BCUT2D eigenvalue weighted by atomic mass is 19.1. The largest absolute Gasteiger partial charge is 0.481 e. The minimum atomic E-state index is -0.774. The fourth-order valence-corrected chi connectivity index (χ4v) is 3.00. The normalized spacial score (nSPS) is 18.8. The van der Waals surface area contributed by atoms with Crippen molar-refractivity contribution in [2.45, 2.75) is 31.6 Å². The molecule has 1 aliphatic rings. The number of halogens is 1. The molecule has 1 aliphatic carbocycles. The number of aliphatic carboxylic acids is 1. The van der Waals surface area contributed by atoms with Crippen LogP contribution in [0.3, 0.4) is 0 Å². The van der Waals surface area contributed by atoms with Crippen LogP contribution in [0.15, 0.2) is 18.2 Å². The number of aryl methyl sites for hydroxylation is 1. The van der Waals surface area contributed by atoms with Crippen LogP contribution in [-0.2, 0) is 11.2 Å². The van der Waals surface area contributed by atoms with Crippen molar-refractivity contribution >= 4 is 16.9 Å². The summed E-state index contributed by atoms with van der Waals surface area (Å²) in [7, 11) is 0. The van der Waals surface area contributed by atoms with Crippen LogP contribution in [0.4, 0.5) is 4.39 Å². The maximum atomic E-state index is 13.2. The molecule has 0 bridgehead atoms. The van der Waals surface area contributed by atoms with Gasteiger partial charge in [0, 0.05) is 16.6 Å². The average Bonchev–Trinajstić information content (AvgIpc) is 2.66. The first-order chi connectivity index (χ1) is 8.65. The van der Waals surface area contributed by atoms with Gasteiger partial charge in [-0.1, -0.05) is 0 Å². The number of carboxylic acids is 1. The molecule has 1 atom stereocenters. The molecule has 4 heteroatoms. The van der Waals surface area contributed by atoms with E-state index in [4.69, 9.17) is 5.11 Å². The van der Waals surface area contributed by atoms with Gasteiger partial charge in [-0.15, -0.1) is 0 Å². The second kappa shape index (κ2) is 4.12. The van der Waals surface area contributed by atoms with E-state index < -0.39 is 5.97 Å². The predicted octanol–water partition coefficient (Wildman–Crippen LogP) is 3.20. The molecule has 1 unspecified atom stereocenters. The van der Waals surface area contributed by atoms with Crippen LogP contribution in [0.25, 0.3) is 10.9 Å². The number of carbonyl (C=O) groups is 1. The molecular weight excluding hydrogens is 233 g/mol. The summed E-state index contributed by atoms with van der Waals surface area (Å²) in [6.07, 6.45) is 2.95. The van der Waals surface area contributed by atoms with Gasteiger partial charge in [0.25, 0.3) is 0 Å². The van der Waals surface area contributed by atoms with Crippen molar-refractivity contribution in [2.75, 3.05) is 0 Å². The Bertz CT molecular complexity index is 618. The number of aromatic nitrogens is 1. The summed E-state index contributed by atoms with van der Waals surface area (Å²) in [5.74, 6) is -0.995. The van der Waals surface area contributed by atoms with Crippen molar-refractivity contribution in [2.24, 2.45) is 0 Å². The molecule has 3 rings (SSSR count). The van der Waals surface area contributed by atoms with Crippen molar-refractivity contribution in [3.8, 4) is 0 Å². The van der Waals surface area contributed by atoms with E-state index >= 15 is 0 Å². The van der Waals surface area contributed by atoms with Gasteiger partial charge in [-0.25, -0.2) is 4.39 Å². The minimum absolute atomic E-state index is 0.0467. The molecule has 3 nitrogen and oxygen atoms in total. The molecule has 1 heterocycles. The highest BCUT2D eigenvalue weighted by Crippen LogP contribution is 2.39. The van der Waals surface area contributed by atoms with Crippen molar-refractivity contribution in [3.63, 3.8) is 0 Å². The molecule has 94 valence electrons. The van der Waals surface area contributed by atoms with E-state index in [0.717, 1.165) is 41.4 Å². The average molecular weight is 247 g/mol. The maximum Gasteiger partial charge on any atom is 0.303 e. The Hall–Kier alpha value is -1.84. The molecule has 2 aromatic rings. The molecule has 1 aromatic heterocycles. The second-order valence-corrected chi connectivity index (χ2v) is 4.89. The minimum Gasteiger partial charge on any atom is -0.481 e. The first-order valence-corrected chi connectivity index (χ1v) is 6.17. The van der Waals surface area contributed by atoms with Gasteiger partial charge in [-0.3, -0.25) is 4.79 Å². The second-order valence-electron chi connectivity index (χ2n) is 4.89. The quantitative estimate of drug-likeness (QED) is 0.856. The zero-order valence-electron chi connectivity index (χ0n) is 9.87. The van der Waals surface area contributed by atoms with Gasteiger partial charge in [0.2, 0.25) is 0 Å². The van der Waals surface area contributed by atoms with E-state index in [0.29, 0.717) is 0 Å². The van der Waals surface area contributed by atoms with Gasteiger partial charge in [-0.2, -0.15) is 0 Å². The lowest BCUT2D eigenvalue weighted by Gasteiger charge is -2.21. The summed E-state index contributed by atoms with van der Waals surface area (Å²) >= 11 is 0. The number of hydrogen-bond donors (Lipinski definition) is 2. The number of fused-ring (bicyclic) bond motifs is 3. The van der Waals surface area contributed by atoms with Crippen LogP contribution in [0.2, 0.25) is 0 Å². The lowest BCUT2D eigenvalue weighted by atomic mass is 9.83. The maximum absolute atomic E-state index is 13.2. The third kappa shape index (κ3) is 1.78. The van der Waals surface area contributed by atoms with Gasteiger partial charge in [0.05, 0.1) is 6.42 Å². The zero-order chi connectivity index (χ0) is 12.7. The zero-order valence-corrected chi connectivity index (χ0v) is 9.87. The summed E-state index contributed by atoms with van der Waals surface area (Å²) in [5.41, 5.74) is 2.93. The van der Waals surface area contributed by atoms with Crippen molar-refractivity contribution in [1.29, 1.82) is 0 Å². The van der Waals surface area contributed by atoms with Crippen LogP contribution in [-0.4, -0.2) is 16.1 Å². The molecule has 0 fully saturated rings. The van der Waals surface area contributed by atoms with E-state index in [9.17, 15) is 9.18 Å². The number of H-pyrrole nitrogens is 1. The van der Waals surface area contributed by atoms with Crippen LogP contribution in [0.1, 0.15) is 36.4 Å².